The molecule has 0 spiro atoms. The van der Waals surface area contributed by atoms with Crippen molar-refractivity contribution in [2.75, 3.05) is 13.7 Å². The van der Waals surface area contributed by atoms with E-state index in [9.17, 15) is 4.79 Å². The standard InChI is InChI=1S/C19H18N2O3S/c1-23-16-4-2-3-14(18(16)24-12-13-5-6-13)7-8-15-11-17(22)21-9-10-25-19(21)20-15/h2-4,7-11,13H,5-6,12H2,1H3. The van der Waals surface area contributed by atoms with Gasteiger partial charge < -0.3 is 9.47 Å². The molecule has 0 amide bonds. The lowest BCUT2D eigenvalue weighted by Gasteiger charge is -2.13. The van der Waals surface area contributed by atoms with Crippen molar-refractivity contribution in [3.8, 4) is 11.5 Å². The molecule has 2 aromatic heterocycles. The van der Waals surface area contributed by atoms with Crippen LogP contribution in [0.15, 0.2) is 40.6 Å². The molecule has 25 heavy (non-hydrogen) atoms. The van der Waals surface area contributed by atoms with Gasteiger partial charge in [0.1, 0.15) is 0 Å². The number of hydrogen-bond donors (Lipinski definition) is 0. The second kappa shape index (κ2) is 6.72. The van der Waals surface area contributed by atoms with Crippen LogP contribution in [0.1, 0.15) is 24.1 Å². The predicted molar refractivity (Wildman–Crippen MR) is 99.5 cm³/mol. The van der Waals surface area contributed by atoms with Crippen molar-refractivity contribution in [3.63, 3.8) is 0 Å². The topological polar surface area (TPSA) is 52.8 Å². The molecule has 0 radical (unpaired) electrons. The molecule has 4 rings (SSSR count). The molecule has 1 aliphatic carbocycles. The van der Waals surface area contributed by atoms with Crippen molar-refractivity contribution < 1.29 is 9.47 Å². The zero-order valence-electron chi connectivity index (χ0n) is 13.8. The third-order valence-corrected chi connectivity index (χ3v) is 4.90. The molecule has 1 saturated carbocycles. The number of rotatable bonds is 6. The Hall–Kier alpha value is -2.60. The number of nitrogens with zero attached hydrogens (tertiary/aromatic N) is 2. The zero-order valence-corrected chi connectivity index (χ0v) is 14.7. The molecule has 6 heteroatoms. The van der Waals surface area contributed by atoms with Crippen molar-refractivity contribution in [2.45, 2.75) is 12.8 Å². The Balaban J connectivity index is 1.65. The van der Waals surface area contributed by atoms with Crippen LogP contribution in [0.4, 0.5) is 0 Å². The summed E-state index contributed by atoms with van der Waals surface area (Å²) < 4.78 is 13.0. The van der Waals surface area contributed by atoms with Gasteiger partial charge in [0.15, 0.2) is 16.5 Å². The van der Waals surface area contributed by atoms with E-state index in [-0.39, 0.29) is 5.56 Å². The Morgan fingerprint density at radius 3 is 3.04 bits per heavy atom. The molecule has 0 bridgehead atoms. The summed E-state index contributed by atoms with van der Waals surface area (Å²) in [4.78, 5) is 17.2. The lowest BCUT2D eigenvalue weighted by atomic mass is 10.1. The number of para-hydroxylation sites is 1. The first-order valence-corrected chi connectivity index (χ1v) is 9.07. The monoisotopic (exact) mass is 354 g/mol. The predicted octanol–water partition coefficient (Wildman–Crippen LogP) is 3.72. The molecular weight excluding hydrogens is 336 g/mol. The number of benzene rings is 1. The number of aromatic nitrogens is 2. The van der Waals surface area contributed by atoms with E-state index in [1.165, 1.54) is 34.6 Å². The second-order valence-corrected chi connectivity index (χ2v) is 6.91. The van der Waals surface area contributed by atoms with Gasteiger partial charge in [-0.15, -0.1) is 11.3 Å². The number of methoxy groups -OCH3 is 1. The molecule has 0 N–H and O–H groups in total. The van der Waals surface area contributed by atoms with Crippen LogP contribution in [0.2, 0.25) is 0 Å². The van der Waals surface area contributed by atoms with E-state index in [2.05, 4.69) is 4.98 Å². The maximum absolute atomic E-state index is 12.1. The van der Waals surface area contributed by atoms with Gasteiger partial charge in [-0.25, -0.2) is 4.98 Å². The average Bonchev–Trinajstić information content (AvgIpc) is 3.33. The lowest BCUT2D eigenvalue weighted by molar-refractivity contribution is 0.280. The van der Waals surface area contributed by atoms with Crippen LogP contribution in [-0.2, 0) is 0 Å². The summed E-state index contributed by atoms with van der Waals surface area (Å²) in [5.74, 6) is 2.11. The fraction of sp³-hybridized carbons (Fsp3) is 0.263. The number of ether oxygens (including phenoxy) is 2. The van der Waals surface area contributed by atoms with E-state index < -0.39 is 0 Å². The quantitative estimate of drug-likeness (QED) is 0.677. The van der Waals surface area contributed by atoms with Crippen molar-refractivity contribution in [3.05, 3.63) is 57.5 Å². The van der Waals surface area contributed by atoms with Crippen molar-refractivity contribution >= 4 is 28.4 Å². The molecule has 5 nitrogen and oxygen atoms in total. The highest BCUT2D eigenvalue weighted by molar-refractivity contribution is 7.15. The molecular formula is C19H18N2O3S. The maximum atomic E-state index is 12.1. The molecule has 0 unspecified atom stereocenters. The van der Waals surface area contributed by atoms with Gasteiger partial charge in [0, 0.05) is 23.2 Å². The summed E-state index contributed by atoms with van der Waals surface area (Å²) in [6, 6.07) is 7.31. The van der Waals surface area contributed by atoms with Crippen LogP contribution in [0.3, 0.4) is 0 Å². The van der Waals surface area contributed by atoms with Gasteiger partial charge in [-0.3, -0.25) is 9.20 Å². The molecule has 1 aliphatic rings. The van der Waals surface area contributed by atoms with Crippen molar-refractivity contribution in [2.24, 2.45) is 5.92 Å². The van der Waals surface area contributed by atoms with Gasteiger partial charge in [-0.05, 0) is 37.0 Å². The highest BCUT2D eigenvalue weighted by atomic mass is 32.1. The minimum atomic E-state index is -0.0817. The first-order chi connectivity index (χ1) is 12.2. The number of fused-ring (bicyclic) bond motifs is 1. The van der Waals surface area contributed by atoms with E-state index in [1.54, 1.807) is 13.3 Å². The van der Waals surface area contributed by atoms with Crippen LogP contribution in [-0.4, -0.2) is 23.1 Å². The smallest absolute Gasteiger partial charge is 0.259 e. The van der Waals surface area contributed by atoms with Crippen LogP contribution in [0.25, 0.3) is 17.1 Å². The Morgan fingerprint density at radius 2 is 2.24 bits per heavy atom. The normalized spacial score (nSPS) is 14.3. The summed E-state index contributed by atoms with van der Waals surface area (Å²) >= 11 is 1.44. The summed E-state index contributed by atoms with van der Waals surface area (Å²) in [5.41, 5.74) is 1.46. The average molecular weight is 354 g/mol. The van der Waals surface area contributed by atoms with Gasteiger partial charge in [0.2, 0.25) is 0 Å². The second-order valence-electron chi connectivity index (χ2n) is 6.04. The van der Waals surface area contributed by atoms with Gasteiger partial charge in [0.05, 0.1) is 19.4 Å². The van der Waals surface area contributed by atoms with E-state index >= 15 is 0 Å². The van der Waals surface area contributed by atoms with E-state index in [1.807, 2.05) is 35.7 Å². The van der Waals surface area contributed by atoms with Gasteiger partial charge in [-0.2, -0.15) is 0 Å². The minimum absolute atomic E-state index is 0.0817. The Bertz CT molecular complexity index is 986. The molecule has 0 aliphatic heterocycles. The largest absolute Gasteiger partial charge is 0.493 e. The third kappa shape index (κ3) is 3.44. The number of thiazole rings is 1. The van der Waals surface area contributed by atoms with Crippen molar-refractivity contribution in [1.82, 2.24) is 9.38 Å². The summed E-state index contributed by atoms with van der Waals surface area (Å²) in [6.07, 6.45) is 7.94. The fourth-order valence-electron chi connectivity index (χ4n) is 2.58. The molecule has 1 fully saturated rings. The van der Waals surface area contributed by atoms with E-state index in [4.69, 9.17) is 9.47 Å². The highest BCUT2D eigenvalue weighted by Crippen LogP contribution is 2.35. The SMILES string of the molecule is COc1cccc(C=Cc2cc(=O)n3ccsc3n2)c1OCC1CC1. The highest BCUT2D eigenvalue weighted by Gasteiger charge is 2.23. The Kier molecular flexibility index (Phi) is 4.28. The minimum Gasteiger partial charge on any atom is -0.493 e. The van der Waals surface area contributed by atoms with Crippen molar-refractivity contribution in [1.29, 1.82) is 0 Å². The Morgan fingerprint density at radius 1 is 1.36 bits per heavy atom. The Labute approximate surface area is 149 Å². The third-order valence-electron chi connectivity index (χ3n) is 4.15. The van der Waals surface area contributed by atoms with Gasteiger partial charge in [0.25, 0.3) is 5.56 Å². The fourth-order valence-corrected chi connectivity index (χ4v) is 3.31. The zero-order chi connectivity index (χ0) is 17.2. The lowest BCUT2D eigenvalue weighted by Crippen LogP contribution is -2.11. The number of hydrogen-bond acceptors (Lipinski definition) is 5. The maximum Gasteiger partial charge on any atom is 0.259 e. The molecule has 0 atom stereocenters. The van der Waals surface area contributed by atoms with Gasteiger partial charge >= 0.3 is 0 Å². The summed E-state index contributed by atoms with van der Waals surface area (Å²) in [5, 5.41) is 1.85. The first kappa shape index (κ1) is 15.9. The summed E-state index contributed by atoms with van der Waals surface area (Å²) in [7, 11) is 1.64. The van der Waals surface area contributed by atoms with Crippen LogP contribution in [0, 0.1) is 5.92 Å². The van der Waals surface area contributed by atoms with Crippen LogP contribution >= 0.6 is 11.3 Å². The molecule has 2 heterocycles. The molecule has 0 saturated heterocycles. The molecule has 128 valence electrons. The first-order valence-electron chi connectivity index (χ1n) is 8.19. The van der Waals surface area contributed by atoms with Crippen LogP contribution in [0.5, 0.6) is 11.5 Å². The summed E-state index contributed by atoms with van der Waals surface area (Å²) in [6.45, 7) is 0.710. The van der Waals surface area contributed by atoms with E-state index in [0.717, 1.165) is 11.3 Å². The molecule has 1 aromatic carbocycles. The van der Waals surface area contributed by atoms with E-state index in [0.29, 0.717) is 28.9 Å². The molecule has 3 aromatic rings. The van der Waals surface area contributed by atoms with Gasteiger partial charge in [-0.1, -0.05) is 12.1 Å². The van der Waals surface area contributed by atoms with Crippen LogP contribution < -0.4 is 15.0 Å².